The summed E-state index contributed by atoms with van der Waals surface area (Å²) in [7, 11) is 1.83. The highest BCUT2D eigenvalue weighted by molar-refractivity contribution is 5.81. The molecule has 0 fully saturated rings. The smallest absolute Gasteiger partial charge is 0.239 e. The van der Waals surface area contributed by atoms with Crippen LogP contribution in [-0.2, 0) is 11.2 Å². The van der Waals surface area contributed by atoms with Gasteiger partial charge in [0.1, 0.15) is 0 Å². The van der Waals surface area contributed by atoms with Gasteiger partial charge in [-0.05, 0) is 36.8 Å². The van der Waals surface area contributed by atoms with Crippen LogP contribution in [0.2, 0.25) is 0 Å². The minimum Gasteiger partial charge on any atom is -0.344 e. The van der Waals surface area contributed by atoms with Gasteiger partial charge in [0.05, 0.1) is 6.04 Å². The van der Waals surface area contributed by atoms with Crippen LogP contribution in [0.25, 0.3) is 0 Å². The molecule has 3 nitrogen and oxygen atoms in total. The molecule has 0 aliphatic heterocycles. The number of benzene rings is 1. The maximum atomic E-state index is 12.1. The lowest BCUT2D eigenvalue weighted by molar-refractivity contribution is -0.131. The zero-order valence-electron chi connectivity index (χ0n) is 12.5. The number of rotatable bonds is 6. The number of nitrogens with zero attached hydrogens (tertiary/aromatic N) is 1. The second-order valence-electron chi connectivity index (χ2n) is 5.67. The zero-order chi connectivity index (χ0) is 14.4. The minimum absolute atomic E-state index is 0.0438. The van der Waals surface area contributed by atoms with Crippen molar-refractivity contribution in [2.45, 2.75) is 39.7 Å². The Bertz CT molecular complexity index is 415. The first-order valence-electron chi connectivity index (χ1n) is 6.97. The first kappa shape index (κ1) is 15.7. The van der Waals surface area contributed by atoms with Crippen molar-refractivity contribution in [3.63, 3.8) is 0 Å². The van der Waals surface area contributed by atoms with Gasteiger partial charge in [-0.1, -0.05) is 38.1 Å². The lowest BCUT2D eigenvalue weighted by atomic mass is 10.0. The van der Waals surface area contributed by atoms with Gasteiger partial charge in [-0.25, -0.2) is 0 Å². The lowest BCUT2D eigenvalue weighted by Crippen LogP contribution is -2.43. The van der Waals surface area contributed by atoms with Crippen molar-refractivity contribution < 1.29 is 4.79 Å². The number of carbonyl (C=O) groups excluding carboxylic acids is 1. The second-order valence-corrected chi connectivity index (χ2v) is 5.67. The van der Waals surface area contributed by atoms with E-state index in [1.54, 1.807) is 4.90 Å². The van der Waals surface area contributed by atoms with Gasteiger partial charge in [0.2, 0.25) is 5.91 Å². The standard InChI is InChI=1S/C16H26N2O/c1-12(2)11-15(17)16(19)18(4)10-9-14-8-6-5-7-13(14)3/h5-8,12,15H,9-11,17H2,1-4H3. The van der Waals surface area contributed by atoms with Gasteiger partial charge in [0.25, 0.3) is 0 Å². The quantitative estimate of drug-likeness (QED) is 0.855. The third-order valence-corrected chi connectivity index (χ3v) is 3.40. The van der Waals surface area contributed by atoms with Crippen molar-refractivity contribution in [1.82, 2.24) is 4.90 Å². The van der Waals surface area contributed by atoms with E-state index in [4.69, 9.17) is 5.73 Å². The second kappa shape index (κ2) is 7.29. The summed E-state index contributed by atoms with van der Waals surface area (Å²) in [6.07, 6.45) is 1.62. The molecule has 2 N–H and O–H groups in total. The minimum atomic E-state index is -0.373. The third-order valence-electron chi connectivity index (χ3n) is 3.40. The average Bonchev–Trinajstić information content (AvgIpc) is 2.35. The normalized spacial score (nSPS) is 12.5. The maximum absolute atomic E-state index is 12.1. The molecule has 0 radical (unpaired) electrons. The predicted molar refractivity (Wildman–Crippen MR) is 80.0 cm³/mol. The van der Waals surface area contributed by atoms with Crippen molar-refractivity contribution >= 4 is 5.91 Å². The Morgan fingerprint density at radius 3 is 2.53 bits per heavy atom. The number of nitrogens with two attached hydrogens (primary N) is 1. The molecule has 0 aliphatic rings. The number of likely N-dealkylation sites (N-methyl/N-ethyl adjacent to an activating group) is 1. The number of hydrogen-bond donors (Lipinski definition) is 1. The van der Waals surface area contributed by atoms with Crippen LogP contribution in [0.4, 0.5) is 0 Å². The Balaban J connectivity index is 2.49. The van der Waals surface area contributed by atoms with E-state index < -0.39 is 0 Å². The molecule has 1 unspecified atom stereocenters. The third kappa shape index (κ3) is 5.03. The molecule has 0 saturated carbocycles. The first-order valence-corrected chi connectivity index (χ1v) is 6.97. The van der Waals surface area contributed by atoms with E-state index in [1.165, 1.54) is 11.1 Å². The van der Waals surface area contributed by atoms with Crippen molar-refractivity contribution in [3.8, 4) is 0 Å². The molecule has 0 aliphatic carbocycles. The largest absolute Gasteiger partial charge is 0.344 e. The van der Waals surface area contributed by atoms with Crippen LogP contribution in [0, 0.1) is 12.8 Å². The summed E-state index contributed by atoms with van der Waals surface area (Å²) >= 11 is 0. The van der Waals surface area contributed by atoms with Crippen LogP contribution in [0.15, 0.2) is 24.3 Å². The van der Waals surface area contributed by atoms with Crippen molar-refractivity contribution in [1.29, 1.82) is 0 Å². The topological polar surface area (TPSA) is 46.3 Å². The summed E-state index contributed by atoms with van der Waals surface area (Å²) in [4.78, 5) is 13.8. The van der Waals surface area contributed by atoms with E-state index in [0.29, 0.717) is 5.92 Å². The zero-order valence-corrected chi connectivity index (χ0v) is 12.5. The van der Waals surface area contributed by atoms with Gasteiger partial charge < -0.3 is 10.6 Å². The molecule has 1 rings (SSSR count). The molecule has 0 bridgehead atoms. The van der Waals surface area contributed by atoms with Crippen LogP contribution >= 0.6 is 0 Å². The van der Waals surface area contributed by atoms with E-state index in [2.05, 4.69) is 32.9 Å². The number of hydrogen-bond acceptors (Lipinski definition) is 2. The molecule has 1 aromatic carbocycles. The van der Waals surface area contributed by atoms with E-state index in [9.17, 15) is 4.79 Å². The highest BCUT2D eigenvalue weighted by atomic mass is 16.2. The fourth-order valence-corrected chi connectivity index (χ4v) is 2.18. The molecule has 1 aromatic rings. The van der Waals surface area contributed by atoms with Gasteiger partial charge in [0.15, 0.2) is 0 Å². The van der Waals surface area contributed by atoms with Crippen LogP contribution < -0.4 is 5.73 Å². The van der Waals surface area contributed by atoms with Gasteiger partial charge in [0, 0.05) is 13.6 Å². The summed E-state index contributed by atoms with van der Waals surface area (Å²) in [6, 6.07) is 7.91. The van der Waals surface area contributed by atoms with Crippen LogP contribution in [0.5, 0.6) is 0 Å². The molecule has 1 atom stereocenters. The molecule has 0 spiro atoms. The number of amides is 1. The van der Waals surface area contributed by atoms with Gasteiger partial charge >= 0.3 is 0 Å². The molecule has 0 aromatic heterocycles. The van der Waals surface area contributed by atoms with Gasteiger partial charge in [-0.3, -0.25) is 4.79 Å². The van der Waals surface area contributed by atoms with Crippen molar-refractivity contribution in [2.24, 2.45) is 11.7 Å². The van der Waals surface area contributed by atoms with Gasteiger partial charge in [-0.2, -0.15) is 0 Å². The molecular weight excluding hydrogens is 236 g/mol. The highest BCUT2D eigenvalue weighted by Gasteiger charge is 2.18. The summed E-state index contributed by atoms with van der Waals surface area (Å²) < 4.78 is 0. The molecule has 0 saturated heterocycles. The molecule has 1 amide bonds. The SMILES string of the molecule is Cc1ccccc1CCN(C)C(=O)C(N)CC(C)C. The highest BCUT2D eigenvalue weighted by Crippen LogP contribution is 2.09. The van der Waals surface area contributed by atoms with Crippen molar-refractivity contribution in [2.75, 3.05) is 13.6 Å². The van der Waals surface area contributed by atoms with Crippen LogP contribution in [-0.4, -0.2) is 30.4 Å². The van der Waals surface area contributed by atoms with Crippen molar-refractivity contribution in [3.05, 3.63) is 35.4 Å². The Labute approximate surface area is 116 Å². The Kier molecular flexibility index (Phi) is 6.03. The lowest BCUT2D eigenvalue weighted by Gasteiger charge is -2.22. The Morgan fingerprint density at radius 1 is 1.32 bits per heavy atom. The van der Waals surface area contributed by atoms with Crippen LogP contribution in [0.1, 0.15) is 31.4 Å². The first-order chi connectivity index (χ1) is 8.91. The average molecular weight is 262 g/mol. The van der Waals surface area contributed by atoms with Crippen LogP contribution in [0.3, 0.4) is 0 Å². The summed E-state index contributed by atoms with van der Waals surface area (Å²) in [5.41, 5.74) is 8.49. The Hall–Kier alpha value is -1.35. The molecular formula is C16H26N2O. The predicted octanol–water partition coefficient (Wildman–Crippen LogP) is 2.37. The summed E-state index contributed by atoms with van der Waals surface area (Å²) in [5, 5.41) is 0. The molecule has 0 heterocycles. The van der Waals surface area contributed by atoms with E-state index >= 15 is 0 Å². The molecule has 106 valence electrons. The number of aryl methyl sites for hydroxylation is 1. The van der Waals surface area contributed by atoms with Gasteiger partial charge in [-0.15, -0.1) is 0 Å². The fourth-order valence-electron chi connectivity index (χ4n) is 2.18. The molecule has 19 heavy (non-hydrogen) atoms. The van der Waals surface area contributed by atoms with E-state index in [1.807, 2.05) is 19.2 Å². The summed E-state index contributed by atoms with van der Waals surface area (Å²) in [5.74, 6) is 0.492. The van der Waals surface area contributed by atoms with E-state index in [0.717, 1.165) is 19.4 Å². The maximum Gasteiger partial charge on any atom is 0.239 e. The molecule has 3 heteroatoms. The fraction of sp³-hybridized carbons (Fsp3) is 0.562. The summed E-state index contributed by atoms with van der Waals surface area (Å²) in [6.45, 7) is 6.98. The van der Waals surface area contributed by atoms with E-state index in [-0.39, 0.29) is 11.9 Å². The number of carbonyl (C=O) groups is 1. The Morgan fingerprint density at radius 2 is 1.95 bits per heavy atom. The monoisotopic (exact) mass is 262 g/mol.